The van der Waals surface area contributed by atoms with Crippen LogP contribution in [0.2, 0.25) is 0 Å². The number of likely N-dealkylation sites (tertiary alicyclic amines) is 1. The number of benzene rings is 1. The molecular formula is C16H18N4O4. The van der Waals surface area contributed by atoms with Gasteiger partial charge in [-0.15, -0.1) is 0 Å². The molecule has 1 aliphatic heterocycles. The molecular weight excluding hydrogens is 312 g/mol. The molecule has 1 unspecified atom stereocenters. The summed E-state index contributed by atoms with van der Waals surface area (Å²) in [7, 11) is 0. The Morgan fingerprint density at radius 3 is 2.88 bits per heavy atom. The number of H-pyrrole nitrogens is 1. The van der Waals surface area contributed by atoms with Gasteiger partial charge in [0, 0.05) is 31.4 Å². The summed E-state index contributed by atoms with van der Waals surface area (Å²) in [5.41, 5.74) is 1.07. The number of carboxylic acid groups (broad SMARTS) is 1. The van der Waals surface area contributed by atoms with Crippen molar-refractivity contribution < 1.29 is 19.5 Å². The second kappa shape index (κ2) is 6.69. The monoisotopic (exact) mass is 330 g/mol. The van der Waals surface area contributed by atoms with Gasteiger partial charge in [-0.1, -0.05) is 18.2 Å². The number of aromatic amines is 1. The number of carbonyl (C=O) groups is 3. The third-order valence-corrected chi connectivity index (χ3v) is 4.20. The van der Waals surface area contributed by atoms with Crippen LogP contribution >= 0.6 is 0 Å². The molecule has 0 aliphatic carbocycles. The minimum absolute atomic E-state index is 0.139. The molecule has 1 aromatic heterocycles. The number of amides is 2. The van der Waals surface area contributed by atoms with E-state index in [2.05, 4.69) is 15.5 Å². The molecule has 1 fully saturated rings. The van der Waals surface area contributed by atoms with E-state index in [1.165, 1.54) is 4.90 Å². The quantitative estimate of drug-likeness (QED) is 0.743. The zero-order valence-corrected chi connectivity index (χ0v) is 13.0. The van der Waals surface area contributed by atoms with E-state index in [0.29, 0.717) is 18.7 Å². The fourth-order valence-corrected chi connectivity index (χ4v) is 2.85. The minimum Gasteiger partial charge on any atom is -0.481 e. The number of nitrogens with one attached hydrogen (secondary N) is 2. The van der Waals surface area contributed by atoms with Gasteiger partial charge in [0.05, 0.1) is 11.4 Å². The molecule has 0 bridgehead atoms. The predicted molar refractivity (Wildman–Crippen MR) is 85.4 cm³/mol. The molecule has 0 saturated carbocycles. The van der Waals surface area contributed by atoms with Crippen LogP contribution in [0.5, 0.6) is 0 Å². The van der Waals surface area contributed by atoms with Crippen molar-refractivity contribution in [3.05, 3.63) is 30.0 Å². The van der Waals surface area contributed by atoms with Crippen molar-refractivity contribution in [2.75, 3.05) is 19.6 Å². The average Bonchev–Trinajstić information content (AvgIpc) is 3.22. The van der Waals surface area contributed by atoms with E-state index < -0.39 is 11.9 Å². The number of hydrogen-bond acceptors (Lipinski definition) is 4. The highest BCUT2D eigenvalue weighted by molar-refractivity contribution is 6.04. The second-order valence-electron chi connectivity index (χ2n) is 5.79. The van der Waals surface area contributed by atoms with Crippen molar-refractivity contribution in [2.24, 2.45) is 5.92 Å². The standard InChI is InChI=1S/C16H18N4O4/c21-13(20-8-6-10(9-20)16(23)24)5-7-17-15(22)14-11-3-1-2-4-12(11)18-19-14/h1-4,10H,5-9H2,(H,17,22)(H,18,19)(H,23,24). The number of fused-ring (bicyclic) bond motifs is 1. The number of aliphatic carboxylic acids is 1. The molecule has 1 atom stereocenters. The second-order valence-corrected chi connectivity index (χ2v) is 5.79. The third kappa shape index (κ3) is 3.22. The lowest BCUT2D eigenvalue weighted by atomic mass is 10.1. The molecule has 3 N–H and O–H groups in total. The van der Waals surface area contributed by atoms with Crippen LogP contribution in [-0.4, -0.2) is 57.6 Å². The summed E-state index contributed by atoms with van der Waals surface area (Å²) >= 11 is 0. The summed E-state index contributed by atoms with van der Waals surface area (Å²) in [6.45, 7) is 0.882. The number of rotatable bonds is 5. The van der Waals surface area contributed by atoms with Gasteiger partial charge in [-0.05, 0) is 12.5 Å². The van der Waals surface area contributed by atoms with E-state index in [-0.39, 0.29) is 31.3 Å². The molecule has 0 spiro atoms. The maximum Gasteiger partial charge on any atom is 0.308 e. The van der Waals surface area contributed by atoms with Crippen LogP contribution in [0, 0.1) is 5.92 Å². The van der Waals surface area contributed by atoms with Crippen molar-refractivity contribution in [3.63, 3.8) is 0 Å². The Bertz CT molecular complexity index is 785. The van der Waals surface area contributed by atoms with Crippen LogP contribution < -0.4 is 5.32 Å². The van der Waals surface area contributed by atoms with Gasteiger partial charge in [0.25, 0.3) is 5.91 Å². The topological polar surface area (TPSA) is 115 Å². The van der Waals surface area contributed by atoms with E-state index in [9.17, 15) is 14.4 Å². The van der Waals surface area contributed by atoms with Crippen LogP contribution in [0.3, 0.4) is 0 Å². The summed E-state index contributed by atoms with van der Waals surface area (Å²) in [6, 6.07) is 7.30. The Morgan fingerprint density at radius 1 is 1.33 bits per heavy atom. The lowest BCUT2D eigenvalue weighted by Gasteiger charge is -2.15. The fourth-order valence-electron chi connectivity index (χ4n) is 2.85. The number of para-hydroxylation sites is 1. The third-order valence-electron chi connectivity index (χ3n) is 4.20. The zero-order valence-electron chi connectivity index (χ0n) is 13.0. The maximum absolute atomic E-state index is 12.2. The summed E-state index contributed by atoms with van der Waals surface area (Å²) < 4.78 is 0. The first-order valence-electron chi connectivity index (χ1n) is 7.78. The number of carboxylic acids is 1. The molecule has 1 aliphatic rings. The molecule has 8 nitrogen and oxygen atoms in total. The van der Waals surface area contributed by atoms with Crippen molar-refractivity contribution >= 4 is 28.7 Å². The van der Waals surface area contributed by atoms with Crippen molar-refractivity contribution in [1.82, 2.24) is 20.4 Å². The van der Waals surface area contributed by atoms with Crippen LogP contribution in [0.4, 0.5) is 0 Å². The first-order chi connectivity index (χ1) is 11.6. The Labute approximate surface area is 137 Å². The van der Waals surface area contributed by atoms with E-state index in [1.54, 1.807) is 6.07 Å². The highest BCUT2D eigenvalue weighted by Gasteiger charge is 2.30. The summed E-state index contributed by atoms with van der Waals surface area (Å²) in [6.07, 6.45) is 0.618. The van der Waals surface area contributed by atoms with Gasteiger partial charge in [-0.25, -0.2) is 0 Å². The lowest BCUT2D eigenvalue weighted by Crippen LogP contribution is -2.34. The highest BCUT2D eigenvalue weighted by atomic mass is 16.4. The Hall–Kier alpha value is -2.90. The van der Waals surface area contributed by atoms with Gasteiger partial charge in [0.1, 0.15) is 0 Å². The number of carbonyl (C=O) groups excluding carboxylic acids is 2. The van der Waals surface area contributed by atoms with Gasteiger partial charge in [-0.3, -0.25) is 19.5 Å². The molecule has 2 amide bonds. The van der Waals surface area contributed by atoms with Crippen molar-refractivity contribution in [3.8, 4) is 0 Å². The number of nitrogens with zero attached hydrogens (tertiary/aromatic N) is 2. The Kier molecular flexibility index (Phi) is 4.45. The summed E-state index contributed by atoms with van der Waals surface area (Å²) in [5.74, 6) is -1.85. The molecule has 2 heterocycles. The van der Waals surface area contributed by atoms with E-state index in [0.717, 1.165) is 10.9 Å². The molecule has 1 aromatic carbocycles. The van der Waals surface area contributed by atoms with Crippen LogP contribution in [0.25, 0.3) is 10.9 Å². The molecule has 1 saturated heterocycles. The fraction of sp³-hybridized carbons (Fsp3) is 0.375. The SMILES string of the molecule is O=C(NCCC(=O)N1CCC(C(=O)O)C1)c1n[nH]c2ccccc12. The van der Waals surface area contributed by atoms with E-state index in [1.807, 2.05) is 18.2 Å². The molecule has 24 heavy (non-hydrogen) atoms. The molecule has 2 aromatic rings. The van der Waals surface area contributed by atoms with Crippen molar-refractivity contribution in [1.29, 1.82) is 0 Å². The smallest absolute Gasteiger partial charge is 0.308 e. The van der Waals surface area contributed by atoms with Crippen LogP contribution in [0.1, 0.15) is 23.3 Å². The van der Waals surface area contributed by atoms with Gasteiger partial charge >= 0.3 is 5.97 Å². The first-order valence-corrected chi connectivity index (χ1v) is 7.78. The molecule has 0 radical (unpaired) electrons. The Morgan fingerprint density at radius 2 is 2.12 bits per heavy atom. The summed E-state index contributed by atoms with van der Waals surface area (Å²) in [5, 5.41) is 19.1. The first kappa shape index (κ1) is 16.0. The van der Waals surface area contributed by atoms with Crippen molar-refractivity contribution in [2.45, 2.75) is 12.8 Å². The zero-order chi connectivity index (χ0) is 17.1. The van der Waals surface area contributed by atoms with Gasteiger partial charge in [-0.2, -0.15) is 5.10 Å². The highest BCUT2D eigenvalue weighted by Crippen LogP contribution is 2.17. The predicted octanol–water partition coefficient (Wildman–Crippen LogP) is 0.616. The number of aromatic nitrogens is 2. The lowest BCUT2D eigenvalue weighted by molar-refractivity contribution is -0.141. The van der Waals surface area contributed by atoms with Gasteiger partial charge < -0.3 is 15.3 Å². The van der Waals surface area contributed by atoms with E-state index >= 15 is 0 Å². The van der Waals surface area contributed by atoms with Gasteiger partial charge in [0.15, 0.2) is 5.69 Å². The molecule has 3 rings (SSSR count). The number of hydrogen-bond donors (Lipinski definition) is 3. The molecule has 126 valence electrons. The van der Waals surface area contributed by atoms with Crippen LogP contribution in [0.15, 0.2) is 24.3 Å². The largest absolute Gasteiger partial charge is 0.481 e. The molecule has 8 heteroatoms. The van der Waals surface area contributed by atoms with E-state index in [4.69, 9.17) is 5.11 Å². The average molecular weight is 330 g/mol. The van der Waals surface area contributed by atoms with Gasteiger partial charge in [0.2, 0.25) is 5.91 Å². The summed E-state index contributed by atoms with van der Waals surface area (Å²) in [4.78, 5) is 36.7. The maximum atomic E-state index is 12.2. The minimum atomic E-state index is -0.871. The Balaban J connectivity index is 1.50. The normalized spacial score (nSPS) is 17.2. The van der Waals surface area contributed by atoms with Crippen LogP contribution in [-0.2, 0) is 9.59 Å².